The van der Waals surface area contributed by atoms with E-state index in [2.05, 4.69) is 21.1 Å². The van der Waals surface area contributed by atoms with Gasteiger partial charge in [0.15, 0.2) is 0 Å². The van der Waals surface area contributed by atoms with Crippen molar-refractivity contribution in [3.8, 4) is 22.6 Å². The molecule has 5 rings (SSSR count). The number of hydrogen-bond acceptors (Lipinski definition) is 3. The topological polar surface area (TPSA) is 59.4 Å². The maximum atomic E-state index is 13.5. The van der Waals surface area contributed by atoms with Crippen LogP contribution in [0.15, 0.2) is 73.1 Å². The molecule has 0 unspecified atom stereocenters. The predicted octanol–water partition coefficient (Wildman–Crippen LogP) is 4.95. The van der Waals surface area contributed by atoms with Gasteiger partial charge >= 0.3 is 0 Å². The molecule has 6 heteroatoms. The van der Waals surface area contributed by atoms with Crippen molar-refractivity contribution in [3.63, 3.8) is 0 Å². The minimum absolute atomic E-state index is 0.216. The summed E-state index contributed by atoms with van der Waals surface area (Å²) in [4.78, 5) is 12.7. The Bertz CT molecular complexity index is 1330. The van der Waals surface area contributed by atoms with E-state index in [0.717, 1.165) is 44.9 Å². The number of benzene rings is 2. The van der Waals surface area contributed by atoms with Gasteiger partial charge in [-0.05, 0) is 48.4 Å². The van der Waals surface area contributed by atoms with Crippen LogP contribution in [0.4, 0.5) is 4.39 Å². The summed E-state index contributed by atoms with van der Waals surface area (Å²) < 4.78 is 15.3. The summed E-state index contributed by atoms with van der Waals surface area (Å²) in [5.74, 6) is 0.632. The third kappa shape index (κ3) is 3.59. The fourth-order valence-electron chi connectivity index (χ4n) is 3.66. The molecule has 5 nitrogen and oxygen atoms in total. The zero-order valence-corrected chi connectivity index (χ0v) is 16.5. The van der Waals surface area contributed by atoms with Crippen molar-refractivity contribution < 1.29 is 4.39 Å². The van der Waals surface area contributed by atoms with Gasteiger partial charge in [0, 0.05) is 36.8 Å². The Morgan fingerprint density at radius 3 is 2.77 bits per heavy atom. The number of H-pyrrole nitrogens is 1. The molecule has 2 aromatic carbocycles. The average molecular weight is 397 g/mol. The Morgan fingerprint density at radius 2 is 1.93 bits per heavy atom. The highest BCUT2D eigenvalue weighted by Gasteiger charge is 2.16. The molecular formula is C24H20FN5. The molecule has 0 aliphatic carbocycles. The number of aromatic nitrogens is 5. The molecule has 30 heavy (non-hydrogen) atoms. The van der Waals surface area contributed by atoms with Crippen molar-refractivity contribution in [2.75, 3.05) is 0 Å². The number of aromatic amines is 1. The van der Waals surface area contributed by atoms with Gasteiger partial charge in [-0.25, -0.2) is 9.37 Å². The first kappa shape index (κ1) is 18.2. The molecule has 0 saturated carbocycles. The number of rotatable bonds is 5. The van der Waals surface area contributed by atoms with E-state index in [-0.39, 0.29) is 5.82 Å². The quantitative estimate of drug-likeness (QED) is 0.456. The van der Waals surface area contributed by atoms with E-state index in [1.54, 1.807) is 23.0 Å². The lowest BCUT2D eigenvalue weighted by Crippen LogP contribution is -1.94. The molecule has 148 valence electrons. The molecule has 0 aliphatic heterocycles. The van der Waals surface area contributed by atoms with E-state index in [9.17, 15) is 4.39 Å². The number of halogens is 1. The Hall–Kier alpha value is -3.80. The number of nitrogens with zero attached hydrogens (tertiary/aromatic N) is 4. The van der Waals surface area contributed by atoms with Crippen molar-refractivity contribution in [2.45, 2.75) is 12.8 Å². The third-order valence-corrected chi connectivity index (χ3v) is 5.14. The Kier molecular flexibility index (Phi) is 4.59. The Balaban J connectivity index is 1.54. The normalized spacial score (nSPS) is 11.3. The molecule has 3 heterocycles. The van der Waals surface area contributed by atoms with Crippen LogP contribution in [-0.4, -0.2) is 24.7 Å². The van der Waals surface area contributed by atoms with Gasteiger partial charge in [0.1, 0.15) is 17.3 Å². The summed E-state index contributed by atoms with van der Waals surface area (Å²) in [6.45, 7) is 0. The number of fused-ring (bicyclic) bond motifs is 1. The van der Waals surface area contributed by atoms with Gasteiger partial charge in [0.2, 0.25) is 0 Å². The van der Waals surface area contributed by atoms with Crippen molar-refractivity contribution in [1.29, 1.82) is 0 Å². The van der Waals surface area contributed by atoms with E-state index in [1.165, 1.54) is 6.07 Å². The number of imidazole rings is 1. The third-order valence-electron chi connectivity index (χ3n) is 5.14. The van der Waals surface area contributed by atoms with Crippen molar-refractivity contribution in [1.82, 2.24) is 24.7 Å². The summed E-state index contributed by atoms with van der Waals surface area (Å²) >= 11 is 0. The second-order valence-corrected chi connectivity index (χ2v) is 7.32. The van der Waals surface area contributed by atoms with Gasteiger partial charge in [-0.1, -0.05) is 24.3 Å². The summed E-state index contributed by atoms with van der Waals surface area (Å²) in [5, 5.41) is 5.62. The van der Waals surface area contributed by atoms with Crippen LogP contribution in [0.3, 0.4) is 0 Å². The first-order chi connectivity index (χ1) is 14.7. The van der Waals surface area contributed by atoms with Gasteiger partial charge in [0.05, 0.1) is 16.9 Å². The van der Waals surface area contributed by atoms with Crippen LogP contribution < -0.4 is 0 Å². The van der Waals surface area contributed by atoms with E-state index in [0.29, 0.717) is 12.8 Å². The Labute approximate surface area is 173 Å². The number of pyridine rings is 1. The molecule has 0 amide bonds. The average Bonchev–Trinajstić information content (AvgIpc) is 3.38. The van der Waals surface area contributed by atoms with Gasteiger partial charge in [-0.3, -0.25) is 9.67 Å². The van der Waals surface area contributed by atoms with E-state index in [4.69, 9.17) is 4.98 Å². The first-order valence-corrected chi connectivity index (χ1v) is 9.84. The first-order valence-electron chi connectivity index (χ1n) is 9.84. The number of hydrogen-bond donors (Lipinski definition) is 1. The molecule has 0 bridgehead atoms. The van der Waals surface area contributed by atoms with Crippen LogP contribution in [0.5, 0.6) is 0 Å². The van der Waals surface area contributed by atoms with Crippen LogP contribution in [0.25, 0.3) is 33.5 Å². The second kappa shape index (κ2) is 7.55. The number of nitrogens with one attached hydrogen (secondary N) is 1. The standard InChI is InChI=1S/C24H20FN5/c1-30-13-11-21(29-30)24-23(18-8-9-20-17(15-18)5-3-12-26-20)27-22(28-24)10-7-16-4-2-6-19(25)14-16/h2-6,8-9,11-15H,7,10H2,1H3,(H,27,28). The van der Waals surface area contributed by atoms with Crippen molar-refractivity contribution >= 4 is 10.9 Å². The molecule has 0 saturated heterocycles. The minimum atomic E-state index is -0.216. The van der Waals surface area contributed by atoms with Gasteiger partial charge in [0.25, 0.3) is 0 Å². The highest BCUT2D eigenvalue weighted by atomic mass is 19.1. The molecule has 3 aromatic heterocycles. The molecular weight excluding hydrogens is 377 g/mol. The minimum Gasteiger partial charge on any atom is -0.340 e. The lowest BCUT2D eigenvalue weighted by molar-refractivity contribution is 0.625. The second-order valence-electron chi connectivity index (χ2n) is 7.32. The highest BCUT2D eigenvalue weighted by Crippen LogP contribution is 2.31. The smallest absolute Gasteiger partial charge is 0.123 e. The van der Waals surface area contributed by atoms with Gasteiger partial charge in [-0.2, -0.15) is 5.10 Å². The molecule has 0 fully saturated rings. The maximum Gasteiger partial charge on any atom is 0.123 e. The summed E-state index contributed by atoms with van der Waals surface area (Å²) in [5.41, 5.74) is 5.47. The van der Waals surface area contributed by atoms with Gasteiger partial charge in [-0.15, -0.1) is 0 Å². The lowest BCUT2D eigenvalue weighted by atomic mass is 10.1. The van der Waals surface area contributed by atoms with Crippen LogP contribution in [0.1, 0.15) is 11.4 Å². The summed E-state index contributed by atoms with van der Waals surface area (Å²) in [6, 6.07) is 18.8. The largest absolute Gasteiger partial charge is 0.340 e. The summed E-state index contributed by atoms with van der Waals surface area (Å²) in [6.07, 6.45) is 5.09. The zero-order valence-electron chi connectivity index (χ0n) is 16.5. The fourth-order valence-corrected chi connectivity index (χ4v) is 3.66. The van der Waals surface area contributed by atoms with E-state index < -0.39 is 0 Å². The van der Waals surface area contributed by atoms with Crippen LogP contribution in [0, 0.1) is 5.82 Å². The fraction of sp³-hybridized carbons (Fsp3) is 0.125. The lowest BCUT2D eigenvalue weighted by Gasteiger charge is -2.03. The maximum absolute atomic E-state index is 13.5. The molecule has 0 spiro atoms. The molecule has 5 aromatic rings. The van der Waals surface area contributed by atoms with Gasteiger partial charge < -0.3 is 4.98 Å². The van der Waals surface area contributed by atoms with Crippen molar-refractivity contribution in [3.05, 3.63) is 90.3 Å². The Morgan fingerprint density at radius 1 is 1.00 bits per heavy atom. The molecule has 1 N–H and O–H groups in total. The molecule has 0 radical (unpaired) electrons. The van der Waals surface area contributed by atoms with E-state index >= 15 is 0 Å². The SMILES string of the molecule is Cn1ccc(-c2[nH]c(CCc3cccc(F)c3)nc2-c2ccc3ncccc3c2)n1. The number of aryl methyl sites for hydroxylation is 3. The monoisotopic (exact) mass is 397 g/mol. The van der Waals surface area contributed by atoms with E-state index in [1.807, 2.05) is 49.6 Å². The van der Waals surface area contributed by atoms with Crippen LogP contribution >= 0.6 is 0 Å². The predicted molar refractivity (Wildman–Crippen MR) is 115 cm³/mol. The van der Waals surface area contributed by atoms with Crippen LogP contribution in [0.2, 0.25) is 0 Å². The highest BCUT2D eigenvalue weighted by molar-refractivity contribution is 5.86. The zero-order chi connectivity index (χ0) is 20.5. The molecule has 0 atom stereocenters. The van der Waals surface area contributed by atoms with Crippen LogP contribution in [-0.2, 0) is 19.9 Å². The van der Waals surface area contributed by atoms with Crippen molar-refractivity contribution in [2.24, 2.45) is 7.05 Å². The summed E-state index contributed by atoms with van der Waals surface area (Å²) in [7, 11) is 1.89. The molecule has 0 aliphatic rings.